The zero-order valence-electron chi connectivity index (χ0n) is 13.9. The summed E-state index contributed by atoms with van der Waals surface area (Å²) in [5.74, 6) is -0.403. The van der Waals surface area contributed by atoms with Crippen molar-refractivity contribution in [3.8, 4) is 0 Å². The molecule has 0 amide bonds. The first-order valence-corrected chi connectivity index (χ1v) is 8.28. The van der Waals surface area contributed by atoms with Crippen molar-refractivity contribution < 1.29 is 9.90 Å². The molecule has 23 heavy (non-hydrogen) atoms. The van der Waals surface area contributed by atoms with Crippen LogP contribution in [0, 0.1) is 5.92 Å². The summed E-state index contributed by atoms with van der Waals surface area (Å²) in [7, 11) is 0. The lowest BCUT2D eigenvalue weighted by Crippen LogP contribution is -2.11. The minimum atomic E-state index is -0.899. The summed E-state index contributed by atoms with van der Waals surface area (Å²) in [6.07, 6.45) is 4.60. The number of fused-ring (bicyclic) bond motifs is 1. The quantitative estimate of drug-likeness (QED) is 0.659. The van der Waals surface area contributed by atoms with Gasteiger partial charge in [0.25, 0.3) is 0 Å². The molecule has 2 aromatic carbocycles. The Hall–Kier alpha value is -2.29. The molecule has 0 spiro atoms. The number of benzene rings is 2. The number of carboxylic acids is 1. The number of carboxylic acid groups (broad SMARTS) is 1. The number of carbonyl (C=O) groups is 1. The minimum Gasteiger partial charge on any atom is -0.478 e. The van der Waals surface area contributed by atoms with E-state index in [9.17, 15) is 4.79 Å². The molecular formula is C20H25NO2. The Labute approximate surface area is 138 Å². The lowest BCUT2D eigenvalue weighted by atomic mass is 9.95. The molecule has 3 nitrogen and oxygen atoms in total. The zero-order chi connectivity index (χ0) is 16.8. The molecule has 3 heteroatoms. The van der Waals surface area contributed by atoms with Gasteiger partial charge in [0.05, 0.1) is 5.56 Å². The van der Waals surface area contributed by atoms with Gasteiger partial charge in [-0.15, -0.1) is 0 Å². The second-order valence-electron chi connectivity index (χ2n) is 6.01. The van der Waals surface area contributed by atoms with E-state index >= 15 is 0 Å². The molecule has 2 N–H and O–H groups in total. The van der Waals surface area contributed by atoms with Crippen LogP contribution in [-0.2, 0) is 0 Å². The number of nitrogens with one attached hydrogen (secondary N) is 1. The van der Waals surface area contributed by atoms with E-state index in [4.69, 9.17) is 5.11 Å². The molecule has 122 valence electrons. The van der Waals surface area contributed by atoms with Crippen LogP contribution < -0.4 is 5.32 Å². The summed E-state index contributed by atoms with van der Waals surface area (Å²) in [6, 6.07) is 11.2. The Morgan fingerprint density at radius 3 is 2.30 bits per heavy atom. The number of allylic oxidation sites excluding steroid dienone is 1. The highest BCUT2D eigenvalue weighted by Crippen LogP contribution is 2.26. The van der Waals surface area contributed by atoms with E-state index in [0.29, 0.717) is 11.5 Å². The van der Waals surface area contributed by atoms with E-state index in [1.807, 2.05) is 24.3 Å². The van der Waals surface area contributed by atoms with Crippen LogP contribution in [0.1, 0.15) is 49.9 Å². The molecule has 0 aliphatic rings. The van der Waals surface area contributed by atoms with E-state index in [1.165, 1.54) is 0 Å². The molecule has 2 aromatic rings. The normalized spacial score (nSPS) is 10.9. The van der Waals surface area contributed by atoms with Crippen LogP contribution in [0.2, 0.25) is 0 Å². The molecular weight excluding hydrogens is 286 g/mol. The number of aromatic carboxylic acids is 1. The van der Waals surface area contributed by atoms with Crippen LogP contribution in [-0.4, -0.2) is 11.1 Å². The SMILES string of the molecule is C=C(Nc1ccc2cc(C(=O)O)ccc2c1)C(CCC)CCC. The van der Waals surface area contributed by atoms with Gasteiger partial charge in [0, 0.05) is 11.4 Å². The van der Waals surface area contributed by atoms with E-state index in [2.05, 4.69) is 25.7 Å². The number of anilines is 1. The zero-order valence-corrected chi connectivity index (χ0v) is 13.9. The summed E-state index contributed by atoms with van der Waals surface area (Å²) < 4.78 is 0. The smallest absolute Gasteiger partial charge is 0.335 e. The van der Waals surface area contributed by atoms with E-state index in [0.717, 1.165) is 47.8 Å². The number of rotatable bonds is 8. The van der Waals surface area contributed by atoms with Gasteiger partial charge < -0.3 is 10.4 Å². The fraction of sp³-hybridized carbons (Fsp3) is 0.350. The van der Waals surface area contributed by atoms with Crippen molar-refractivity contribution in [2.75, 3.05) is 5.32 Å². The standard InChI is InChI=1S/C20H25NO2/c1-4-6-15(7-5-2)14(3)21-19-11-10-16-12-18(20(22)23)9-8-17(16)13-19/h8-13,15,21H,3-7H2,1-2H3,(H,22,23). The lowest BCUT2D eigenvalue weighted by molar-refractivity contribution is 0.0697. The molecule has 0 saturated carbocycles. The Bertz CT molecular complexity index is 700. The second-order valence-corrected chi connectivity index (χ2v) is 6.01. The molecule has 0 heterocycles. The molecule has 0 aliphatic heterocycles. The molecule has 2 rings (SSSR count). The fourth-order valence-corrected chi connectivity index (χ4v) is 2.93. The van der Waals surface area contributed by atoms with Crippen molar-refractivity contribution in [3.63, 3.8) is 0 Å². The summed E-state index contributed by atoms with van der Waals surface area (Å²) in [5, 5.41) is 14.4. The molecule has 0 fully saturated rings. The van der Waals surface area contributed by atoms with Crippen LogP contribution in [0.5, 0.6) is 0 Å². The van der Waals surface area contributed by atoms with Gasteiger partial charge in [-0.05, 0) is 53.8 Å². The van der Waals surface area contributed by atoms with Gasteiger partial charge in [-0.25, -0.2) is 4.79 Å². The topological polar surface area (TPSA) is 49.3 Å². The predicted molar refractivity (Wildman–Crippen MR) is 97.0 cm³/mol. The molecule has 0 radical (unpaired) electrons. The molecule has 0 aliphatic carbocycles. The van der Waals surface area contributed by atoms with Crippen molar-refractivity contribution in [3.05, 3.63) is 54.2 Å². The van der Waals surface area contributed by atoms with Gasteiger partial charge in [0.1, 0.15) is 0 Å². The molecule has 0 bridgehead atoms. The Kier molecular flexibility index (Phi) is 5.80. The third-order valence-electron chi connectivity index (χ3n) is 4.16. The molecule has 0 saturated heterocycles. The third-order valence-corrected chi connectivity index (χ3v) is 4.16. The van der Waals surface area contributed by atoms with Gasteiger partial charge in [-0.1, -0.05) is 45.4 Å². The van der Waals surface area contributed by atoms with Gasteiger partial charge in [0.2, 0.25) is 0 Å². The maximum absolute atomic E-state index is 11.0. The summed E-state index contributed by atoms with van der Waals surface area (Å²) in [6.45, 7) is 8.62. The summed E-state index contributed by atoms with van der Waals surface area (Å²) in [4.78, 5) is 11.0. The molecule has 0 aromatic heterocycles. The van der Waals surface area contributed by atoms with Gasteiger partial charge in [-0.2, -0.15) is 0 Å². The van der Waals surface area contributed by atoms with Crippen LogP contribution in [0.15, 0.2) is 48.7 Å². The highest BCUT2D eigenvalue weighted by molar-refractivity contribution is 5.95. The van der Waals surface area contributed by atoms with Crippen molar-refractivity contribution in [1.29, 1.82) is 0 Å². The van der Waals surface area contributed by atoms with Crippen molar-refractivity contribution in [2.45, 2.75) is 39.5 Å². The van der Waals surface area contributed by atoms with Crippen LogP contribution in [0.3, 0.4) is 0 Å². The maximum atomic E-state index is 11.0. The third kappa shape index (κ3) is 4.35. The molecule has 0 atom stereocenters. The highest BCUT2D eigenvalue weighted by Gasteiger charge is 2.11. The lowest BCUT2D eigenvalue weighted by Gasteiger charge is -2.20. The van der Waals surface area contributed by atoms with Crippen LogP contribution in [0.4, 0.5) is 5.69 Å². The highest BCUT2D eigenvalue weighted by atomic mass is 16.4. The Morgan fingerprint density at radius 1 is 1.09 bits per heavy atom. The summed E-state index contributed by atoms with van der Waals surface area (Å²) in [5.41, 5.74) is 2.38. The predicted octanol–water partition coefficient (Wildman–Crippen LogP) is 5.68. The Balaban J connectivity index is 2.18. The van der Waals surface area contributed by atoms with Crippen LogP contribution in [0.25, 0.3) is 10.8 Å². The van der Waals surface area contributed by atoms with E-state index < -0.39 is 5.97 Å². The van der Waals surface area contributed by atoms with Crippen LogP contribution >= 0.6 is 0 Å². The second kappa shape index (κ2) is 7.82. The first-order chi connectivity index (χ1) is 11.0. The average Bonchev–Trinajstić information content (AvgIpc) is 2.54. The van der Waals surface area contributed by atoms with E-state index in [1.54, 1.807) is 12.1 Å². The van der Waals surface area contributed by atoms with Crippen molar-refractivity contribution >= 4 is 22.4 Å². The molecule has 0 unspecified atom stereocenters. The fourth-order valence-electron chi connectivity index (χ4n) is 2.93. The van der Waals surface area contributed by atoms with Gasteiger partial charge >= 0.3 is 5.97 Å². The number of hydrogen-bond donors (Lipinski definition) is 2. The number of hydrogen-bond acceptors (Lipinski definition) is 2. The average molecular weight is 311 g/mol. The van der Waals surface area contributed by atoms with Gasteiger partial charge in [-0.3, -0.25) is 0 Å². The van der Waals surface area contributed by atoms with Gasteiger partial charge in [0.15, 0.2) is 0 Å². The maximum Gasteiger partial charge on any atom is 0.335 e. The van der Waals surface area contributed by atoms with Crippen molar-refractivity contribution in [1.82, 2.24) is 0 Å². The first kappa shape index (κ1) is 17.1. The van der Waals surface area contributed by atoms with E-state index in [-0.39, 0.29) is 0 Å². The monoisotopic (exact) mass is 311 g/mol. The first-order valence-electron chi connectivity index (χ1n) is 8.28. The minimum absolute atomic E-state index is 0.313. The summed E-state index contributed by atoms with van der Waals surface area (Å²) >= 11 is 0. The van der Waals surface area contributed by atoms with Crippen molar-refractivity contribution in [2.24, 2.45) is 5.92 Å². The largest absolute Gasteiger partial charge is 0.478 e. The Morgan fingerprint density at radius 2 is 1.70 bits per heavy atom.